The summed E-state index contributed by atoms with van der Waals surface area (Å²) in [7, 11) is 3.60. The summed E-state index contributed by atoms with van der Waals surface area (Å²) >= 11 is 0. The Balaban J connectivity index is 1.71. The van der Waals surface area contributed by atoms with Crippen molar-refractivity contribution in [2.45, 2.75) is 156 Å². The van der Waals surface area contributed by atoms with Crippen molar-refractivity contribution < 1.29 is 39.1 Å². The minimum atomic E-state index is -1.19. The van der Waals surface area contributed by atoms with Crippen LogP contribution in [-0.2, 0) is 30.3 Å². The van der Waals surface area contributed by atoms with E-state index in [1.54, 1.807) is 32.0 Å². The maximum Gasteiger partial charge on any atom is 0.308 e. The van der Waals surface area contributed by atoms with E-state index in [1.165, 1.54) is 12.0 Å². The summed E-state index contributed by atoms with van der Waals surface area (Å²) in [5.74, 6) is -0.730. The summed E-state index contributed by atoms with van der Waals surface area (Å²) < 4.78 is 19.3. The summed E-state index contributed by atoms with van der Waals surface area (Å²) in [5, 5.41) is 34.6. The minimum Gasteiger partial charge on any atom is -0.462 e. The van der Waals surface area contributed by atoms with Crippen molar-refractivity contribution in [2.24, 2.45) is 35.5 Å². The largest absolute Gasteiger partial charge is 0.462 e. The molecule has 3 aliphatic heterocycles. The monoisotopic (exact) mass is 826 g/mol. The number of likely N-dealkylation sites (N-methyl/N-ethyl adjacent to an activating group) is 1. The topological polar surface area (TPSA) is 132 Å². The van der Waals surface area contributed by atoms with Gasteiger partial charge in [0, 0.05) is 50.0 Å². The third-order valence-corrected chi connectivity index (χ3v) is 13.1. The van der Waals surface area contributed by atoms with Gasteiger partial charge >= 0.3 is 5.97 Å². The van der Waals surface area contributed by atoms with E-state index in [4.69, 9.17) is 14.2 Å². The number of hydrogen-bond donors (Lipinski definition) is 3. The highest BCUT2D eigenvalue weighted by Crippen LogP contribution is 2.35. The second-order valence-corrected chi connectivity index (χ2v) is 19.0. The van der Waals surface area contributed by atoms with Crippen molar-refractivity contribution in [2.75, 3.05) is 40.3 Å². The quantitative estimate of drug-likeness (QED) is 0.212. The smallest absolute Gasteiger partial charge is 0.308 e. The first kappa shape index (κ1) is 49.2. The first-order valence-electron chi connectivity index (χ1n) is 22.5. The van der Waals surface area contributed by atoms with Crippen molar-refractivity contribution in [3.8, 4) is 0 Å². The highest BCUT2D eigenvalue weighted by Gasteiger charge is 2.47. The van der Waals surface area contributed by atoms with E-state index in [0.29, 0.717) is 37.6 Å². The average molecular weight is 826 g/mol. The molecule has 334 valence electrons. The number of cyclic esters (lactones) is 1. The van der Waals surface area contributed by atoms with Gasteiger partial charge in [-0.05, 0) is 103 Å². The molecule has 0 saturated carbocycles. The molecule has 2 unspecified atom stereocenters. The molecule has 0 radical (unpaired) electrons. The number of carbonyl (C=O) groups excluding carboxylic acids is 2. The standard InChI is InChI=1S/C48H79N3O8/c1-12-42-39(29-51(30(2)3)28-37-16-14-13-15-17-37)23-31(4)18-19-40(52)34(7)24-38(20-21-50-26-32(5)22-33(6)27-50)47(35(8)41(53)25-43(54)58-42)59-48-46(56)44(49(10)11)45(55)36(9)57-48/h13-19,23,30,32-36,38-39,41-42,44-48,53,55-56H,12,20-22,24-29H2,1-11H3/b19-18+,31-23+/t32?,33?,34-,35+,36-,38+,39-,41-,42-,44+,45-,46-,47-,48+/m1/s1. The molecule has 0 spiro atoms. The number of nitrogens with zero attached hydrogens (tertiary/aromatic N) is 3. The number of esters is 1. The number of hydrogen-bond acceptors (Lipinski definition) is 11. The molecule has 11 nitrogen and oxygen atoms in total. The number of ketones is 1. The molecule has 3 heterocycles. The van der Waals surface area contributed by atoms with Gasteiger partial charge in [0.05, 0.1) is 36.9 Å². The van der Waals surface area contributed by atoms with Gasteiger partial charge in [0.15, 0.2) is 12.1 Å². The number of ether oxygens (including phenoxy) is 3. The number of allylic oxidation sites excluding steroid dienone is 3. The highest BCUT2D eigenvalue weighted by atomic mass is 16.7. The van der Waals surface area contributed by atoms with Crippen LogP contribution in [-0.4, -0.2) is 137 Å². The second-order valence-electron chi connectivity index (χ2n) is 19.0. The highest BCUT2D eigenvalue weighted by molar-refractivity contribution is 5.91. The second kappa shape index (κ2) is 23.1. The number of carbonyl (C=O) groups is 2. The van der Waals surface area contributed by atoms with Gasteiger partial charge in [0.25, 0.3) is 0 Å². The fourth-order valence-electron chi connectivity index (χ4n) is 9.73. The minimum absolute atomic E-state index is 0.00304. The Morgan fingerprint density at radius 2 is 1.59 bits per heavy atom. The van der Waals surface area contributed by atoms with E-state index in [9.17, 15) is 24.9 Å². The summed E-state index contributed by atoms with van der Waals surface area (Å²) in [6.07, 6.45) is 2.15. The first-order chi connectivity index (χ1) is 27.9. The van der Waals surface area contributed by atoms with Crippen LogP contribution in [0.2, 0.25) is 0 Å². The zero-order valence-corrected chi connectivity index (χ0v) is 38.1. The summed E-state index contributed by atoms with van der Waals surface area (Å²) in [4.78, 5) is 34.6. The summed E-state index contributed by atoms with van der Waals surface area (Å²) in [5.41, 5.74) is 2.11. The van der Waals surface area contributed by atoms with Gasteiger partial charge in [-0.2, -0.15) is 0 Å². The Hall–Kier alpha value is -2.48. The van der Waals surface area contributed by atoms with Crippen LogP contribution in [0.1, 0.15) is 100.0 Å². The van der Waals surface area contributed by atoms with E-state index >= 15 is 0 Å². The molecule has 0 aromatic heterocycles. The van der Waals surface area contributed by atoms with Crippen LogP contribution in [0.3, 0.4) is 0 Å². The van der Waals surface area contributed by atoms with Gasteiger partial charge in [0.1, 0.15) is 12.2 Å². The zero-order chi connectivity index (χ0) is 43.6. The van der Waals surface area contributed by atoms with E-state index in [1.807, 2.05) is 52.0 Å². The van der Waals surface area contributed by atoms with Crippen LogP contribution in [0.15, 0.2) is 54.1 Å². The third kappa shape index (κ3) is 14.3. The van der Waals surface area contributed by atoms with Crippen LogP contribution in [0.25, 0.3) is 0 Å². The number of benzene rings is 1. The van der Waals surface area contributed by atoms with Crippen molar-refractivity contribution in [3.63, 3.8) is 0 Å². The summed E-state index contributed by atoms with van der Waals surface area (Å²) in [6, 6.07) is 9.89. The predicted octanol–water partition coefficient (Wildman–Crippen LogP) is 6.10. The number of rotatable bonds is 12. The van der Waals surface area contributed by atoms with E-state index in [2.05, 4.69) is 55.7 Å². The molecule has 4 rings (SSSR count). The lowest BCUT2D eigenvalue weighted by molar-refractivity contribution is -0.304. The van der Waals surface area contributed by atoms with E-state index in [-0.39, 0.29) is 36.0 Å². The molecule has 0 bridgehead atoms. The number of piperidine rings is 1. The first-order valence-corrected chi connectivity index (χ1v) is 22.5. The predicted molar refractivity (Wildman–Crippen MR) is 233 cm³/mol. The van der Waals surface area contributed by atoms with Crippen molar-refractivity contribution in [1.82, 2.24) is 14.7 Å². The van der Waals surface area contributed by atoms with Crippen LogP contribution in [0, 0.1) is 35.5 Å². The van der Waals surface area contributed by atoms with Gasteiger partial charge in [-0.3, -0.25) is 14.5 Å². The maximum absolute atomic E-state index is 14.0. The lowest BCUT2D eigenvalue weighted by Crippen LogP contribution is -2.63. The Bertz CT molecular complexity index is 1490. The molecule has 0 amide bonds. The Morgan fingerprint density at radius 3 is 2.20 bits per heavy atom. The molecule has 14 atom stereocenters. The lowest BCUT2D eigenvalue weighted by atomic mass is 9.79. The van der Waals surface area contributed by atoms with Gasteiger partial charge in [-0.1, -0.05) is 82.7 Å². The fraction of sp³-hybridized carbons (Fsp3) is 0.750. The fourth-order valence-corrected chi connectivity index (χ4v) is 9.73. The number of aliphatic hydroxyl groups is 3. The van der Waals surface area contributed by atoms with Gasteiger partial charge in [-0.25, -0.2) is 0 Å². The lowest BCUT2D eigenvalue weighted by Gasteiger charge is -2.47. The molecule has 2 fully saturated rings. The third-order valence-electron chi connectivity index (χ3n) is 13.1. The Kier molecular flexibility index (Phi) is 19.3. The molecule has 1 aromatic carbocycles. The maximum atomic E-state index is 14.0. The molecule has 3 N–H and O–H groups in total. The molecular formula is C48H79N3O8. The van der Waals surface area contributed by atoms with Crippen molar-refractivity contribution >= 4 is 11.8 Å². The van der Waals surface area contributed by atoms with Crippen LogP contribution in [0.5, 0.6) is 0 Å². The molecule has 2 saturated heterocycles. The van der Waals surface area contributed by atoms with Crippen molar-refractivity contribution in [1.29, 1.82) is 0 Å². The van der Waals surface area contributed by atoms with Crippen LogP contribution >= 0.6 is 0 Å². The molecular weight excluding hydrogens is 747 g/mol. The van der Waals surface area contributed by atoms with Crippen LogP contribution < -0.4 is 0 Å². The molecule has 11 heteroatoms. The normalized spacial score (nSPS) is 37.7. The Morgan fingerprint density at radius 1 is 0.932 bits per heavy atom. The zero-order valence-electron chi connectivity index (χ0n) is 38.1. The van der Waals surface area contributed by atoms with E-state index in [0.717, 1.165) is 31.8 Å². The SMILES string of the molecule is CC[C@H]1OC(=O)C[C@@H](O)[C@H](C)[C@@H](O[C@@H]2O[C@H](C)[C@@H](O)[C@H](N(C)C)[C@H]2O)[C@@H](CCN2CC(C)CC(C)C2)C[C@@H](C)C(=O)/C=C/C(C)=C/[C@@H]1CN(Cc1ccccc1)C(C)C. The summed E-state index contributed by atoms with van der Waals surface area (Å²) in [6.45, 7) is 22.6. The molecule has 3 aliphatic rings. The van der Waals surface area contributed by atoms with Crippen molar-refractivity contribution in [3.05, 3.63) is 59.7 Å². The molecule has 0 aliphatic carbocycles. The van der Waals surface area contributed by atoms with Gasteiger partial charge in [0.2, 0.25) is 0 Å². The molecule has 59 heavy (non-hydrogen) atoms. The molecule has 1 aromatic rings. The number of aliphatic hydroxyl groups excluding tert-OH is 3. The average Bonchev–Trinajstić information content (AvgIpc) is 3.17. The van der Waals surface area contributed by atoms with Gasteiger partial charge < -0.3 is 39.3 Å². The van der Waals surface area contributed by atoms with Crippen LogP contribution in [0.4, 0.5) is 0 Å². The Labute approximate surface area is 356 Å². The number of likely N-dealkylation sites (tertiary alicyclic amines) is 1. The van der Waals surface area contributed by atoms with E-state index < -0.39 is 60.8 Å². The van der Waals surface area contributed by atoms with Gasteiger partial charge in [-0.15, -0.1) is 0 Å².